The molecule has 1 aliphatic rings. The standard InChI is InChI=1S/C12H25NO/c1-5-13-11(9-10(2)3)12(14-4)7-6-8-12/h10-11,13H,5-9H2,1-4H3. The summed E-state index contributed by atoms with van der Waals surface area (Å²) < 4.78 is 5.73. The molecular weight excluding hydrogens is 174 g/mol. The molecule has 0 spiro atoms. The van der Waals surface area contributed by atoms with Crippen LogP contribution in [0, 0.1) is 5.92 Å². The van der Waals surface area contributed by atoms with E-state index in [1.54, 1.807) is 0 Å². The van der Waals surface area contributed by atoms with Gasteiger partial charge in [0.15, 0.2) is 0 Å². The van der Waals surface area contributed by atoms with Crippen LogP contribution in [0.15, 0.2) is 0 Å². The lowest BCUT2D eigenvalue weighted by Crippen LogP contribution is -2.56. The summed E-state index contributed by atoms with van der Waals surface area (Å²) in [6.45, 7) is 7.79. The van der Waals surface area contributed by atoms with E-state index in [9.17, 15) is 0 Å². The van der Waals surface area contributed by atoms with Gasteiger partial charge in [-0.3, -0.25) is 0 Å². The maximum Gasteiger partial charge on any atom is 0.0831 e. The number of methoxy groups -OCH3 is 1. The van der Waals surface area contributed by atoms with E-state index in [0.29, 0.717) is 6.04 Å². The fourth-order valence-corrected chi connectivity index (χ4v) is 2.42. The Balaban J connectivity index is 2.55. The number of rotatable bonds is 6. The zero-order valence-electron chi connectivity index (χ0n) is 10.1. The highest BCUT2D eigenvalue weighted by Gasteiger charge is 2.43. The van der Waals surface area contributed by atoms with Crippen LogP contribution in [-0.2, 0) is 4.74 Å². The summed E-state index contributed by atoms with van der Waals surface area (Å²) in [4.78, 5) is 0. The molecule has 1 fully saturated rings. The third-order valence-electron chi connectivity index (χ3n) is 3.40. The van der Waals surface area contributed by atoms with Crippen molar-refractivity contribution < 1.29 is 4.74 Å². The summed E-state index contributed by atoms with van der Waals surface area (Å²) in [6.07, 6.45) is 5.01. The van der Waals surface area contributed by atoms with Gasteiger partial charge in [-0.15, -0.1) is 0 Å². The predicted molar refractivity (Wildman–Crippen MR) is 60.5 cm³/mol. The lowest BCUT2D eigenvalue weighted by atomic mass is 9.72. The van der Waals surface area contributed by atoms with E-state index in [0.717, 1.165) is 12.5 Å². The zero-order chi connectivity index (χ0) is 10.6. The fourth-order valence-electron chi connectivity index (χ4n) is 2.42. The van der Waals surface area contributed by atoms with Crippen molar-refractivity contribution in [3.8, 4) is 0 Å². The van der Waals surface area contributed by atoms with Crippen LogP contribution in [0.4, 0.5) is 0 Å². The van der Waals surface area contributed by atoms with Gasteiger partial charge in [0.1, 0.15) is 0 Å². The van der Waals surface area contributed by atoms with Crippen molar-refractivity contribution in [3.05, 3.63) is 0 Å². The van der Waals surface area contributed by atoms with Crippen LogP contribution in [0.2, 0.25) is 0 Å². The van der Waals surface area contributed by atoms with Gasteiger partial charge in [0.25, 0.3) is 0 Å². The minimum atomic E-state index is 0.153. The Morgan fingerprint density at radius 3 is 2.29 bits per heavy atom. The Morgan fingerprint density at radius 2 is 2.00 bits per heavy atom. The number of ether oxygens (including phenoxy) is 1. The average Bonchev–Trinajstić information content (AvgIpc) is 2.02. The first-order chi connectivity index (χ1) is 6.64. The van der Waals surface area contributed by atoms with Crippen LogP contribution in [0.1, 0.15) is 46.5 Å². The summed E-state index contributed by atoms with van der Waals surface area (Å²) in [5.74, 6) is 0.742. The second-order valence-electron chi connectivity index (χ2n) is 4.86. The lowest BCUT2D eigenvalue weighted by Gasteiger charge is -2.47. The lowest BCUT2D eigenvalue weighted by molar-refractivity contribution is -0.102. The topological polar surface area (TPSA) is 21.3 Å². The molecule has 0 aromatic rings. The van der Waals surface area contributed by atoms with Gasteiger partial charge in [0.2, 0.25) is 0 Å². The quantitative estimate of drug-likeness (QED) is 0.710. The maximum absolute atomic E-state index is 5.73. The molecule has 0 radical (unpaired) electrons. The molecule has 1 rings (SSSR count). The third-order valence-corrected chi connectivity index (χ3v) is 3.40. The second-order valence-corrected chi connectivity index (χ2v) is 4.86. The Labute approximate surface area is 88.4 Å². The summed E-state index contributed by atoms with van der Waals surface area (Å²) in [7, 11) is 1.86. The maximum atomic E-state index is 5.73. The van der Waals surface area contributed by atoms with Crippen LogP contribution in [0.25, 0.3) is 0 Å². The van der Waals surface area contributed by atoms with E-state index < -0.39 is 0 Å². The van der Waals surface area contributed by atoms with Crippen LogP contribution in [0.5, 0.6) is 0 Å². The van der Waals surface area contributed by atoms with Gasteiger partial charge in [-0.2, -0.15) is 0 Å². The number of hydrogen-bond acceptors (Lipinski definition) is 2. The largest absolute Gasteiger partial charge is 0.377 e. The molecule has 14 heavy (non-hydrogen) atoms. The van der Waals surface area contributed by atoms with Crippen molar-refractivity contribution in [1.29, 1.82) is 0 Å². The van der Waals surface area contributed by atoms with Crippen LogP contribution in [0.3, 0.4) is 0 Å². The molecule has 1 saturated carbocycles. The molecule has 0 aromatic heterocycles. The molecule has 1 unspecified atom stereocenters. The number of hydrogen-bond donors (Lipinski definition) is 1. The van der Waals surface area contributed by atoms with E-state index in [1.165, 1.54) is 25.7 Å². The monoisotopic (exact) mass is 199 g/mol. The molecule has 2 heteroatoms. The molecule has 0 aromatic carbocycles. The normalized spacial score (nSPS) is 22.1. The predicted octanol–water partition coefficient (Wildman–Crippen LogP) is 2.58. The number of nitrogens with one attached hydrogen (secondary N) is 1. The first-order valence-corrected chi connectivity index (χ1v) is 5.93. The van der Waals surface area contributed by atoms with E-state index in [-0.39, 0.29) is 5.60 Å². The molecule has 0 saturated heterocycles. The third kappa shape index (κ3) is 2.48. The summed E-state index contributed by atoms with van der Waals surface area (Å²) >= 11 is 0. The summed E-state index contributed by atoms with van der Waals surface area (Å²) in [6, 6.07) is 0.547. The van der Waals surface area contributed by atoms with Crippen LogP contribution in [-0.4, -0.2) is 25.3 Å². The van der Waals surface area contributed by atoms with Gasteiger partial charge >= 0.3 is 0 Å². The first kappa shape index (κ1) is 12.0. The summed E-state index contributed by atoms with van der Waals surface area (Å²) in [5.41, 5.74) is 0.153. The van der Waals surface area contributed by atoms with E-state index in [4.69, 9.17) is 4.74 Å². The van der Waals surface area contributed by atoms with Gasteiger partial charge < -0.3 is 10.1 Å². The zero-order valence-corrected chi connectivity index (χ0v) is 10.1. The van der Waals surface area contributed by atoms with Gasteiger partial charge in [0, 0.05) is 13.2 Å². The highest BCUT2D eigenvalue weighted by atomic mass is 16.5. The van der Waals surface area contributed by atoms with Gasteiger partial charge in [-0.1, -0.05) is 20.8 Å². The van der Waals surface area contributed by atoms with E-state index >= 15 is 0 Å². The van der Waals surface area contributed by atoms with Crippen molar-refractivity contribution in [3.63, 3.8) is 0 Å². The minimum Gasteiger partial charge on any atom is -0.377 e. The molecule has 1 atom stereocenters. The van der Waals surface area contributed by atoms with E-state index in [2.05, 4.69) is 26.1 Å². The Bertz CT molecular complexity index is 158. The van der Waals surface area contributed by atoms with Crippen molar-refractivity contribution in [2.45, 2.75) is 58.1 Å². The molecule has 0 amide bonds. The number of likely N-dealkylation sites (N-methyl/N-ethyl adjacent to an activating group) is 1. The molecular formula is C12H25NO. The van der Waals surface area contributed by atoms with Crippen molar-refractivity contribution >= 4 is 0 Å². The Kier molecular flexibility index (Phi) is 4.39. The molecule has 2 nitrogen and oxygen atoms in total. The first-order valence-electron chi connectivity index (χ1n) is 5.93. The van der Waals surface area contributed by atoms with Crippen molar-refractivity contribution in [2.75, 3.05) is 13.7 Å². The van der Waals surface area contributed by atoms with Gasteiger partial charge in [-0.05, 0) is 38.1 Å². The van der Waals surface area contributed by atoms with Gasteiger partial charge in [-0.25, -0.2) is 0 Å². The fraction of sp³-hybridized carbons (Fsp3) is 1.00. The van der Waals surface area contributed by atoms with Crippen molar-refractivity contribution in [2.24, 2.45) is 5.92 Å². The highest BCUT2D eigenvalue weighted by molar-refractivity contribution is 4.99. The molecule has 84 valence electrons. The highest BCUT2D eigenvalue weighted by Crippen LogP contribution is 2.39. The SMILES string of the molecule is CCNC(CC(C)C)C1(OC)CCC1. The second kappa shape index (κ2) is 5.13. The molecule has 1 aliphatic carbocycles. The van der Waals surface area contributed by atoms with Crippen LogP contribution < -0.4 is 5.32 Å². The smallest absolute Gasteiger partial charge is 0.0831 e. The van der Waals surface area contributed by atoms with Gasteiger partial charge in [0.05, 0.1) is 5.60 Å². The van der Waals surface area contributed by atoms with Crippen molar-refractivity contribution in [1.82, 2.24) is 5.32 Å². The van der Waals surface area contributed by atoms with E-state index in [1.807, 2.05) is 7.11 Å². The Morgan fingerprint density at radius 1 is 1.36 bits per heavy atom. The van der Waals surface area contributed by atoms with Crippen LogP contribution >= 0.6 is 0 Å². The summed E-state index contributed by atoms with van der Waals surface area (Å²) in [5, 5.41) is 3.58. The molecule has 1 N–H and O–H groups in total. The molecule has 0 aliphatic heterocycles. The molecule has 0 bridgehead atoms. The minimum absolute atomic E-state index is 0.153. The Hall–Kier alpha value is -0.0800. The average molecular weight is 199 g/mol. The molecule has 0 heterocycles.